The largest absolute Gasteiger partial charge is 0.205 e. The van der Waals surface area contributed by atoms with Gasteiger partial charge in [-0.1, -0.05) is 81.2 Å². The third-order valence-corrected chi connectivity index (χ3v) is 6.53. The van der Waals surface area contributed by atoms with Crippen LogP contribution in [0, 0.1) is 11.3 Å². The molecule has 0 radical (unpaired) electrons. The predicted molar refractivity (Wildman–Crippen MR) is 82.9 cm³/mol. The molecule has 0 spiro atoms. The Morgan fingerprint density at radius 3 is 1.89 bits per heavy atom. The first-order chi connectivity index (χ1) is 8.01. The molecule has 0 aliphatic heterocycles. The van der Waals surface area contributed by atoms with E-state index in [9.17, 15) is 0 Å². The zero-order chi connectivity index (χ0) is 14.0. The fraction of sp³-hybridized carbons (Fsp3) is 0.800. The third kappa shape index (κ3) is 1.94. The zero-order valence-electron chi connectivity index (χ0n) is 8.80. The molecule has 0 aromatic carbocycles. The standard InChI is InChI=1S/C10H8Cl8/c11-4-6-5-1-2-7(12,3-5)8(6,9(13,14)15)10(16,17)18/h4-5H,1-3H2/b6-4+. The van der Waals surface area contributed by atoms with Crippen LogP contribution in [0.4, 0.5) is 0 Å². The summed E-state index contributed by atoms with van der Waals surface area (Å²) in [5.74, 6) is 0.0891. The number of hydrogen-bond donors (Lipinski definition) is 0. The number of fused-ring (bicyclic) bond motifs is 2. The molecular formula is C10H8Cl8. The van der Waals surface area contributed by atoms with Crippen molar-refractivity contribution in [3.63, 3.8) is 0 Å². The Morgan fingerprint density at radius 1 is 1.06 bits per heavy atom. The van der Waals surface area contributed by atoms with Gasteiger partial charge in [0.05, 0.1) is 4.87 Å². The number of allylic oxidation sites excluding steroid dienone is 1. The maximum Gasteiger partial charge on any atom is 0.205 e. The topological polar surface area (TPSA) is 0 Å². The second-order valence-electron chi connectivity index (χ2n) is 4.71. The molecule has 2 aliphatic rings. The quantitative estimate of drug-likeness (QED) is 0.392. The lowest BCUT2D eigenvalue weighted by Crippen LogP contribution is -2.58. The number of rotatable bonds is 0. The highest BCUT2D eigenvalue weighted by molar-refractivity contribution is 6.74. The fourth-order valence-corrected chi connectivity index (χ4v) is 7.68. The van der Waals surface area contributed by atoms with Crippen LogP contribution in [0.15, 0.2) is 11.1 Å². The Hall–Kier alpha value is 2.06. The molecule has 2 fully saturated rings. The van der Waals surface area contributed by atoms with Crippen molar-refractivity contribution >= 4 is 92.8 Å². The van der Waals surface area contributed by atoms with Crippen molar-refractivity contribution in [1.29, 1.82) is 0 Å². The average Bonchev–Trinajstić information content (AvgIpc) is 2.64. The van der Waals surface area contributed by atoms with E-state index in [0.717, 1.165) is 6.42 Å². The second kappa shape index (κ2) is 4.78. The van der Waals surface area contributed by atoms with E-state index in [-0.39, 0.29) is 5.92 Å². The molecule has 2 saturated carbocycles. The van der Waals surface area contributed by atoms with E-state index in [4.69, 9.17) is 92.8 Å². The monoisotopic (exact) mass is 408 g/mol. The smallest absolute Gasteiger partial charge is 0.118 e. The zero-order valence-corrected chi connectivity index (χ0v) is 14.8. The summed E-state index contributed by atoms with van der Waals surface area (Å²) in [6.07, 6.45) is 2.06. The summed E-state index contributed by atoms with van der Waals surface area (Å²) in [6, 6.07) is 0. The first kappa shape index (κ1) is 16.4. The van der Waals surface area contributed by atoms with Gasteiger partial charge in [0.2, 0.25) is 7.59 Å². The van der Waals surface area contributed by atoms with Gasteiger partial charge in [-0.3, -0.25) is 0 Å². The molecule has 2 unspecified atom stereocenters. The first-order valence-corrected chi connectivity index (χ1v) is 8.22. The van der Waals surface area contributed by atoms with Gasteiger partial charge in [0.25, 0.3) is 0 Å². The minimum absolute atomic E-state index is 0.0891. The summed E-state index contributed by atoms with van der Waals surface area (Å²) in [6.45, 7) is 0. The minimum atomic E-state index is -1.87. The van der Waals surface area contributed by atoms with Gasteiger partial charge >= 0.3 is 0 Å². The van der Waals surface area contributed by atoms with Crippen LogP contribution < -0.4 is 0 Å². The lowest BCUT2D eigenvalue weighted by Gasteiger charge is -2.52. The van der Waals surface area contributed by atoms with E-state index in [1.165, 1.54) is 5.54 Å². The summed E-state index contributed by atoms with van der Waals surface area (Å²) >= 11 is 49.3. The second-order valence-corrected chi connectivity index (χ2v) is 10.2. The van der Waals surface area contributed by atoms with Crippen LogP contribution in [0.3, 0.4) is 0 Å². The molecule has 2 atom stereocenters. The maximum atomic E-state index is 6.66. The molecule has 8 heteroatoms. The van der Waals surface area contributed by atoms with E-state index >= 15 is 0 Å². The van der Waals surface area contributed by atoms with Gasteiger partial charge in [0, 0.05) is 5.54 Å². The van der Waals surface area contributed by atoms with Gasteiger partial charge in [-0.05, 0) is 30.8 Å². The van der Waals surface area contributed by atoms with Crippen molar-refractivity contribution in [2.24, 2.45) is 11.3 Å². The van der Waals surface area contributed by atoms with Gasteiger partial charge < -0.3 is 0 Å². The molecular weight excluding hydrogens is 404 g/mol. The lowest BCUT2D eigenvalue weighted by atomic mass is 9.71. The molecule has 0 heterocycles. The minimum Gasteiger partial charge on any atom is -0.118 e. The van der Waals surface area contributed by atoms with E-state index in [1.807, 2.05) is 0 Å². The lowest BCUT2D eigenvalue weighted by molar-refractivity contribution is 0.263. The van der Waals surface area contributed by atoms with Crippen molar-refractivity contribution in [3.8, 4) is 0 Å². The number of halogens is 8. The molecule has 0 amide bonds. The Bertz CT molecular complexity index is 376. The molecule has 0 aromatic heterocycles. The van der Waals surface area contributed by atoms with Crippen molar-refractivity contribution < 1.29 is 0 Å². The number of alkyl halides is 7. The Morgan fingerprint density at radius 2 is 1.56 bits per heavy atom. The molecule has 2 rings (SSSR count). The van der Waals surface area contributed by atoms with Crippen molar-refractivity contribution in [1.82, 2.24) is 0 Å². The van der Waals surface area contributed by atoms with Gasteiger partial charge in [-0.15, -0.1) is 11.6 Å². The van der Waals surface area contributed by atoms with E-state index in [0.29, 0.717) is 18.4 Å². The van der Waals surface area contributed by atoms with Crippen LogP contribution in [0.2, 0.25) is 0 Å². The number of hydrogen-bond acceptors (Lipinski definition) is 0. The van der Waals surface area contributed by atoms with Crippen LogP contribution in [0.25, 0.3) is 0 Å². The third-order valence-electron chi connectivity index (χ3n) is 3.97. The van der Waals surface area contributed by atoms with E-state index in [1.54, 1.807) is 0 Å². The first-order valence-electron chi connectivity index (χ1n) is 5.14. The Kier molecular flexibility index (Phi) is 4.36. The SMILES string of the molecule is Cl/C=C1\C2CCC(Cl)(C2)C1(C(Cl)(Cl)Cl)C(Cl)(Cl)Cl. The predicted octanol–water partition coefficient (Wildman–Crippen LogP) is 6.63. The maximum absolute atomic E-state index is 6.66. The highest BCUT2D eigenvalue weighted by Gasteiger charge is 2.78. The molecule has 2 aliphatic carbocycles. The summed E-state index contributed by atoms with van der Waals surface area (Å²) in [4.78, 5) is -0.908. The normalized spacial score (nSPS) is 37.6. The van der Waals surface area contributed by atoms with Crippen LogP contribution >= 0.6 is 92.8 Å². The average molecular weight is 412 g/mol. The van der Waals surface area contributed by atoms with E-state index in [2.05, 4.69) is 0 Å². The summed E-state index contributed by atoms with van der Waals surface area (Å²) in [5, 5.41) is 0. The van der Waals surface area contributed by atoms with Crippen LogP contribution in [-0.4, -0.2) is 12.5 Å². The van der Waals surface area contributed by atoms with Gasteiger partial charge in [-0.25, -0.2) is 0 Å². The molecule has 0 N–H and O–H groups in total. The molecule has 0 nitrogen and oxygen atoms in total. The highest BCUT2D eigenvalue weighted by atomic mass is 35.6. The molecule has 104 valence electrons. The molecule has 18 heavy (non-hydrogen) atoms. The van der Waals surface area contributed by atoms with Crippen LogP contribution in [-0.2, 0) is 0 Å². The summed E-state index contributed by atoms with van der Waals surface area (Å²) in [7, 11) is 0. The summed E-state index contributed by atoms with van der Waals surface area (Å²) < 4.78 is -3.73. The molecule has 0 saturated heterocycles. The highest BCUT2D eigenvalue weighted by Crippen LogP contribution is 2.78. The Balaban J connectivity index is 2.74. The van der Waals surface area contributed by atoms with Gasteiger partial charge in [0.1, 0.15) is 5.41 Å². The molecule has 2 bridgehead atoms. The van der Waals surface area contributed by atoms with Crippen molar-refractivity contribution in [2.75, 3.05) is 0 Å². The molecule has 0 aromatic rings. The van der Waals surface area contributed by atoms with Gasteiger partial charge in [0.15, 0.2) is 0 Å². The van der Waals surface area contributed by atoms with Crippen molar-refractivity contribution in [3.05, 3.63) is 11.1 Å². The summed E-state index contributed by atoms with van der Waals surface area (Å²) in [5.41, 5.74) is 0.539. The van der Waals surface area contributed by atoms with Crippen molar-refractivity contribution in [2.45, 2.75) is 31.7 Å². The van der Waals surface area contributed by atoms with Gasteiger partial charge in [-0.2, -0.15) is 0 Å². The fourth-order valence-electron chi connectivity index (χ4n) is 3.34. The van der Waals surface area contributed by atoms with Crippen LogP contribution in [0.5, 0.6) is 0 Å². The Labute approximate surface area is 146 Å². The van der Waals surface area contributed by atoms with Crippen LogP contribution in [0.1, 0.15) is 19.3 Å². The van der Waals surface area contributed by atoms with E-state index < -0.39 is 17.9 Å².